The van der Waals surface area contributed by atoms with Crippen LogP contribution in [0.1, 0.15) is 25.1 Å². The number of benzene rings is 1. The first-order chi connectivity index (χ1) is 16.3. The summed E-state index contributed by atoms with van der Waals surface area (Å²) in [6.45, 7) is 6.52. The van der Waals surface area contributed by atoms with Gasteiger partial charge in [0.05, 0.1) is 5.69 Å². The van der Waals surface area contributed by atoms with Gasteiger partial charge in [0.25, 0.3) is 0 Å². The van der Waals surface area contributed by atoms with Crippen LogP contribution >= 0.6 is 0 Å². The molecule has 0 unspecified atom stereocenters. The van der Waals surface area contributed by atoms with Crippen molar-refractivity contribution in [3.05, 3.63) is 41.6 Å². The van der Waals surface area contributed by atoms with Crippen molar-refractivity contribution in [1.82, 2.24) is 30.3 Å². The number of nitrogens with one attached hydrogen (secondary N) is 2. The molecule has 0 bridgehead atoms. The highest BCUT2D eigenvalue weighted by atomic mass is 16.6. The van der Waals surface area contributed by atoms with Crippen LogP contribution in [0.3, 0.4) is 0 Å². The highest BCUT2D eigenvalue weighted by Gasteiger charge is 2.32. The maximum Gasteiger partial charge on any atom is 0.418 e. The smallest absolute Gasteiger partial charge is 0.418 e. The molecule has 3 N–H and O–H groups in total. The Bertz CT molecular complexity index is 1250. The average Bonchev–Trinajstić information content (AvgIpc) is 3.01. The number of phenolic OH excluding ortho intramolecular Hbond substituents is 1. The number of para-hydroxylation sites is 1. The third kappa shape index (κ3) is 4.28. The molecule has 0 aliphatic carbocycles. The van der Waals surface area contributed by atoms with E-state index in [-0.39, 0.29) is 11.3 Å². The van der Waals surface area contributed by atoms with Gasteiger partial charge < -0.3 is 29.9 Å². The molecule has 178 valence electrons. The number of amides is 2. The van der Waals surface area contributed by atoms with E-state index in [0.29, 0.717) is 62.5 Å². The predicted molar refractivity (Wildman–Crippen MR) is 126 cm³/mol. The lowest BCUT2D eigenvalue weighted by molar-refractivity contribution is 0.0794. The van der Waals surface area contributed by atoms with Crippen molar-refractivity contribution in [1.29, 1.82) is 0 Å². The monoisotopic (exact) mass is 464 g/mol. The molecule has 2 aliphatic rings. The topological polar surface area (TPSA) is 124 Å². The third-order valence-electron chi connectivity index (χ3n) is 6.46. The van der Waals surface area contributed by atoms with Crippen LogP contribution in [0.5, 0.6) is 5.75 Å². The summed E-state index contributed by atoms with van der Waals surface area (Å²) in [4.78, 5) is 31.8. The number of hydrogen-bond donors (Lipinski definition) is 3. The van der Waals surface area contributed by atoms with Crippen LogP contribution in [0.4, 0.5) is 9.59 Å². The molecule has 0 saturated carbocycles. The Kier molecular flexibility index (Phi) is 5.60. The number of rotatable bonds is 1. The normalized spacial score (nSPS) is 17.8. The van der Waals surface area contributed by atoms with Crippen molar-refractivity contribution in [2.75, 3.05) is 32.7 Å². The molecule has 2 aliphatic heterocycles. The van der Waals surface area contributed by atoms with Gasteiger partial charge in [-0.3, -0.25) is 0 Å². The van der Waals surface area contributed by atoms with Crippen molar-refractivity contribution in [3.63, 3.8) is 0 Å². The summed E-state index contributed by atoms with van der Waals surface area (Å²) >= 11 is 0. The highest BCUT2D eigenvalue weighted by molar-refractivity contribution is 5.86. The lowest BCUT2D eigenvalue weighted by Crippen LogP contribution is -2.58. The van der Waals surface area contributed by atoms with Crippen molar-refractivity contribution in [2.24, 2.45) is 0 Å². The van der Waals surface area contributed by atoms with Crippen molar-refractivity contribution >= 4 is 23.2 Å². The molecule has 0 radical (unpaired) electrons. The van der Waals surface area contributed by atoms with E-state index in [9.17, 15) is 14.7 Å². The maximum absolute atomic E-state index is 12.8. The van der Waals surface area contributed by atoms with Gasteiger partial charge in [-0.25, -0.2) is 9.59 Å². The number of carbonyl (C=O) groups excluding carboxylic acids is 2. The Balaban J connectivity index is 1.30. The summed E-state index contributed by atoms with van der Waals surface area (Å²) < 4.78 is 5.22. The highest BCUT2D eigenvalue weighted by Crippen LogP contribution is 2.31. The van der Waals surface area contributed by atoms with Gasteiger partial charge in [0, 0.05) is 61.3 Å². The average molecular weight is 465 g/mol. The van der Waals surface area contributed by atoms with Crippen LogP contribution in [-0.2, 0) is 17.6 Å². The zero-order valence-electron chi connectivity index (χ0n) is 19.3. The van der Waals surface area contributed by atoms with Crippen LogP contribution in [0.2, 0.25) is 0 Å². The van der Waals surface area contributed by atoms with Crippen molar-refractivity contribution < 1.29 is 19.4 Å². The molecule has 2 aromatic heterocycles. The maximum atomic E-state index is 12.8. The molecule has 34 heavy (non-hydrogen) atoms. The minimum Gasteiger partial charge on any atom is -0.507 e. The van der Waals surface area contributed by atoms with E-state index in [1.807, 2.05) is 26.0 Å². The number of nitrogens with zero attached hydrogens (tertiary/aromatic N) is 4. The summed E-state index contributed by atoms with van der Waals surface area (Å²) in [5, 5.41) is 23.0. The zero-order chi connectivity index (χ0) is 23.9. The van der Waals surface area contributed by atoms with Crippen LogP contribution < -0.4 is 5.32 Å². The van der Waals surface area contributed by atoms with E-state index < -0.39 is 12.2 Å². The summed E-state index contributed by atoms with van der Waals surface area (Å²) in [5.41, 5.74) is 3.70. The van der Waals surface area contributed by atoms with E-state index in [2.05, 4.69) is 20.5 Å². The molecule has 0 atom stereocenters. The second-order valence-corrected chi connectivity index (χ2v) is 9.44. The Morgan fingerprint density at radius 1 is 1.06 bits per heavy atom. The van der Waals surface area contributed by atoms with Gasteiger partial charge >= 0.3 is 12.2 Å². The van der Waals surface area contributed by atoms with E-state index in [1.54, 1.807) is 28.0 Å². The summed E-state index contributed by atoms with van der Waals surface area (Å²) in [5.74, 6) is 0.143. The van der Waals surface area contributed by atoms with E-state index in [4.69, 9.17) is 4.74 Å². The molecule has 3 aromatic rings. The first-order valence-electron chi connectivity index (χ1n) is 11.5. The number of ether oxygens (including phenoxy) is 1. The fourth-order valence-electron chi connectivity index (χ4n) is 4.70. The van der Waals surface area contributed by atoms with Gasteiger partial charge in [0.2, 0.25) is 0 Å². The number of aromatic nitrogens is 3. The third-order valence-corrected chi connectivity index (χ3v) is 6.46. The summed E-state index contributed by atoms with van der Waals surface area (Å²) in [6, 6.07) is 8.92. The molecule has 5 rings (SSSR count). The molecule has 10 heteroatoms. The fraction of sp³-hybridized carbons (Fsp3) is 0.417. The van der Waals surface area contributed by atoms with E-state index in [1.165, 1.54) is 0 Å². The standard InChI is InChI=1S/C24H28N6O4/c1-24(2)14-30(12-9-25-24)23(33)34-22(32)29-10-7-15-17-13-19(16-5-3-4-6-20(16)31)27-28-21(17)26-18(15)8-11-29/h3-6,13,25,31H,7-12,14H2,1-2H3,(H,26,28). The van der Waals surface area contributed by atoms with E-state index >= 15 is 0 Å². The number of fused-ring (bicyclic) bond motifs is 3. The molecule has 1 aromatic carbocycles. The molecule has 1 fully saturated rings. The minimum absolute atomic E-state index is 0.143. The van der Waals surface area contributed by atoms with Gasteiger partial charge in [-0.2, -0.15) is 0 Å². The van der Waals surface area contributed by atoms with E-state index in [0.717, 1.165) is 16.6 Å². The van der Waals surface area contributed by atoms with Crippen LogP contribution in [0.15, 0.2) is 30.3 Å². The Labute approximate surface area is 196 Å². The van der Waals surface area contributed by atoms with Crippen LogP contribution in [0, 0.1) is 0 Å². The minimum atomic E-state index is -0.620. The molecule has 10 nitrogen and oxygen atoms in total. The largest absolute Gasteiger partial charge is 0.507 e. The second-order valence-electron chi connectivity index (χ2n) is 9.44. The number of phenols is 1. The van der Waals surface area contributed by atoms with Crippen LogP contribution in [-0.4, -0.2) is 80.5 Å². The van der Waals surface area contributed by atoms with Gasteiger partial charge in [-0.1, -0.05) is 12.1 Å². The Hall–Kier alpha value is -3.66. The Morgan fingerprint density at radius 2 is 1.82 bits per heavy atom. The molecular formula is C24H28N6O4. The number of aromatic amines is 1. The fourth-order valence-corrected chi connectivity index (χ4v) is 4.70. The van der Waals surface area contributed by atoms with Crippen LogP contribution in [0.25, 0.3) is 22.3 Å². The zero-order valence-corrected chi connectivity index (χ0v) is 19.3. The number of aromatic hydroxyl groups is 1. The number of carbonyl (C=O) groups is 2. The quantitative estimate of drug-likeness (QED) is 0.473. The lowest BCUT2D eigenvalue weighted by atomic mass is 10.0. The first-order valence-corrected chi connectivity index (χ1v) is 11.5. The van der Waals surface area contributed by atoms with Gasteiger partial charge in [0.15, 0.2) is 5.65 Å². The second kappa shape index (κ2) is 8.60. The van der Waals surface area contributed by atoms with Crippen molar-refractivity contribution in [2.45, 2.75) is 32.2 Å². The number of hydrogen-bond acceptors (Lipinski definition) is 7. The molecule has 0 spiro atoms. The SMILES string of the molecule is CC1(C)CN(C(=O)OC(=O)N2CCc3[nH]c4nnc(-c5ccccc5O)cc4c3CC2)CCN1. The summed E-state index contributed by atoms with van der Waals surface area (Å²) in [6.07, 6.45) is -0.0480. The van der Waals surface area contributed by atoms with Gasteiger partial charge in [-0.15, -0.1) is 10.2 Å². The summed E-state index contributed by atoms with van der Waals surface area (Å²) in [7, 11) is 0. The van der Waals surface area contributed by atoms with Gasteiger partial charge in [-0.05, 0) is 44.0 Å². The molecular weight excluding hydrogens is 436 g/mol. The number of piperazine rings is 1. The predicted octanol–water partition coefficient (Wildman–Crippen LogP) is 2.67. The Morgan fingerprint density at radius 3 is 2.62 bits per heavy atom. The number of H-pyrrole nitrogens is 1. The molecule has 1 saturated heterocycles. The first kappa shape index (κ1) is 22.1. The van der Waals surface area contributed by atoms with Crippen molar-refractivity contribution in [3.8, 4) is 17.0 Å². The molecule has 2 amide bonds. The molecule has 4 heterocycles. The lowest BCUT2D eigenvalue weighted by Gasteiger charge is -2.38. The van der Waals surface area contributed by atoms with Gasteiger partial charge in [0.1, 0.15) is 5.75 Å².